The van der Waals surface area contributed by atoms with E-state index in [0.717, 1.165) is 23.0 Å². The van der Waals surface area contributed by atoms with Gasteiger partial charge in [-0.15, -0.1) is 10.2 Å². The number of benzene rings is 2. The van der Waals surface area contributed by atoms with E-state index < -0.39 is 0 Å². The van der Waals surface area contributed by atoms with Crippen molar-refractivity contribution in [1.82, 2.24) is 10.2 Å². The number of aldehydes is 1. The number of hydrogen-bond donors (Lipinski definition) is 2. The van der Waals surface area contributed by atoms with Crippen LogP contribution >= 0.6 is 0 Å². The second kappa shape index (κ2) is 9.66. The summed E-state index contributed by atoms with van der Waals surface area (Å²) in [5.41, 5.74) is 3.75. The number of carbonyl (C=O) groups is 1. The Kier molecular flexibility index (Phi) is 6.76. The summed E-state index contributed by atoms with van der Waals surface area (Å²) >= 11 is 0. The number of carbonyl (C=O) groups excluding carboxylic acids is 1. The quantitative estimate of drug-likeness (QED) is 0.323. The number of hydrogen-bond acceptors (Lipinski definition) is 7. The highest BCUT2D eigenvalue weighted by Gasteiger charge is 2.13. The van der Waals surface area contributed by atoms with Gasteiger partial charge in [0.15, 0.2) is 6.79 Å². The Morgan fingerprint density at radius 1 is 1.14 bits per heavy atom. The van der Waals surface area contributed by atoms with Crippen LogP contribution in [0.25, 0.3) is 11.3 Å². The molecule has 0 aliphatic carbocycles. The van der Waals surface area contributed by atoms with Crippen LogP contribution in [0.3, 0.4) is 0 Å². The SMILES string of the molecule is CCOCOc1cc(C=O)ccc1-c1nnc(NCc2cccc(O)c2)cc1C. The number of phenols is 1. The van der Waals surface area contributed by atoms with Crippen LogP contribution < -0.4 is 10.1 Å². The zero-order valence-corrected chi connectivity index (χ0v) is 16.4. The van der Waals surface area contributed by atoms with Gasteiger partial charge in [0.1, 0.15) is 23.6 Å². The number of phenolic OH excluding ortho intramolecular Hbond substituents is 1. The normalized spacial score (nSPS) is 10.6. The minimum absolute atomic E-state index is 0.0852. The molecule has 0 amide bonds. The van der Waals surface area contributed by atoms with Crippen LogP contribution in [-0.4, -0.2) is 35.0 Å². The van der Waals surface area contributed by atoms with E-state index >= 15 is 0 Å². The summed E-state index contributed by atoms with van der Waals surface area (Å²) in [5, 5.41) is 21.4. The molecule has 0 saturated heterocycles. The number of aromatic hydroxyl groups is 1. The Balaban J connectivity index is 1.81. The van der Waals surface area contributed by atoms with Crippen LogP contribution in [0.1, 0.15) is 28.4 Å². The van der Waals surface area contributed by atoms with E-state index in [-0.39, 0.29) is 12.5 Å². The lowest BCUT2D eigenvalue weighted by Gasteiger charge is -2.14. The number of aromatic nitrogens is 2. The van der Waals surface area contributed by atoms with Crippen molar-refractivity contribution in [2.45, 2.75) is 20.4 Å². The Bertz CT molecular complexity index is 992. The van der Waals surface area contributed by atoms with Gasteiger partial charge in [-0.05, 0) is 55.3 Å². The van der Waals surface area contributed by atoms with E-state index in [1.54, 1.807) is 36.4 Å². The van der Waals surface area contributed by atoms with Crippen molar-refractivity contribution in [3.05, 3.63) is 65.2 Å². The van der Waals surface area contributed by atoms with Gasteiger partial charge in [0.25, 0.3) is 0 Å². The van der Waals surface area contributed by atoms with E-state index in [9.17, 15) is 9.90 Å². The van der Waals surface area contributed by atoms with Crippen molar-refractivity contribution in [3.8, 4) is 22.8 Å². The fourth-order valence-corrected chi connectivity index (χ4v) is 2.81. The van der Waals surface area contributed by atoms with Gasteiger partial charge in [-0.3, -0.25) is 4.79 Å². The van der Waals surface area contributed by atoms with E-state index in [4.69, 9.17) is 9.47 Å². The highest BCUT2D eigenvalue weighted by molar-refractivity contribution is 5.80. The number of ether oxygens (including phenoxy) is 2. The summed E-state index contributed by atoms with van der Waals surface area (Å²) in [4.78, 5) is 11.1. The molecule has 0 radical (unpaired) electrons. The predicted octanol–water partition coefficient (Wildman–Crippen LogP) is 3.96. The van der Waals surface area contributed by atoms with Crippen LogP contribution in [0, 0.1) is 6.92 Å². The fourth-order valence-electron chi connectivity index (χ4n) is 2.81. The maximum absolute atomic E-state index is 11.1. The summed E-state index contributed by atoms with van der Waals surface area (Å²) in [5.74, 6) is 1.36. The van der Waals surface area contributed by atoms with Gasteiger partial charge >= 0.3 is 0 Å². The number of rotatable bonds is 9. The maximum atomic E-state index is 11.1. The molecule has 0 atom stereocenters. The third-order valence-corrected chi connectivity index (χ3v) is 4.27. The first-order valence-corrected chi connectivity index (χ1v) is 9.27. The van der Waals surface area contributed by atoms with Gasteiger partial charge < -0.3 is 19.9 Å². The molecule has 0 fully saturated rings. The maximum Gasteiger partial charge on any atom is 0.189 e. The monoisotopic (exact) mass is 393 g/mol. The Labute approximate surface area is 169 Å². The molecule has 0 spiro atoms. The van der Waals surface area contributed by atoms with E-state index in [1.165, 1.54) is 0 Å². The van der Waals surface area contributed by atoms with Crippen molar-refractivity contribution in [1.29, 1.82) is 0 Å². The zero-order chi connectivity index (χ0) is 20.6. The lowest BCUT2D eigenvalue weighted by atomic mass is 10.0. The first kappa shape index (κ1) is 20.3. The first-order chi connectivity index (χ1) is 14.1. The van der Waals surface area contributed by atoms with Crippen LogP contribution in [0.15, 0.2) is 48.5 Å². The fraction of sp³-hybridized carbons (Fsp3) is 0.227. The number of aryl methyl sites for hydroxylation is 1. The molecule has 2 aromatic carbocycles. The molecule has 0 aliphatic rings. The molecule has 1 heterocycles. The molecular formula is C22H23N3O4. The standard InChI is InChI=1S/C22H23N3O4/c1-3-28-14-29-20-11-17(13-26)7-8-19(20)22-15(2)9-21(24-25-22)23-12-16-5-4-6-18(27)10-16/h4-11,13,27H,3,12,14H2,1-2H3,(H,23,24). The minimum Gasteiger partial charge on any atom is -0.508 e. The van der Waals surface area contributed by atoms with Crippen molar-refractivity contribution >= 4 is 12.1 Å². The van der Waals surface area contributed by atoms with Crippen LogP contribution in [0.5, 0.6) is 11.5 Å². The van der Waals surface area contributed by atoms with Crippen molar-refractivity contribution in [2.75, 3.05) is 18.7 Å². The minimum atomic E-state index is 0.0852. The molecule has 3 aromatic rings. The van der Waals surface area contributed by atoms with Gasteiger partial charge in [0, 0.05) is 24.3 Å². The number of nitrogens with zero attached hydrogens (tertiary/aromatic N) is 2. The van der Waals surface area contributed by atoms with Crippen molar-refractivity contribution in [3.63, 3.8) is 0 Å². The molecule has 1 aromatic heterocycles. The second-order valence-electron chi connectivity index (χ2n) is 6.41. The van der Waals surface area contributed by atoms with E-state index in [1.807, 2.05) is 26.0 Å². The molecule has 0 bridgehead atoms. The summed E-state index contributed by atoms with van der Waals surface area (Å²) in [6.45, 7) is 4.94. The average molecular weight is 393 g/mol. The van der Waals surface area contributed by atoms with Gasteiger partial charge in [-0.25, -0.2) is 0 Å². The average Bonchev–Trinajstić information content (AvgIpc) is 2.73. The van der Waals surface area contributed by atoms with Gasteiger partial charge in [0.2, 0.25) is 0 Å². The predicted molar refractivity (Wildman–Crippen MR) is 110 cm³/mol. The van der Waals surface area contributed by atoms with Crippen molar-refractivity contribution in [2.24, 2.45) is 0 Å². The molecule has 0 saturated carbocycles. The Morgan fingerprint density at radius 3 is 2.72 bits per heavy atom. The molecule has 0 aliphatic heterocycles. The van der Waals surface area contributed by atoms with Crippen LogP contribution in [-0.2, 0) is 11.3 Å². The summed E-state index contributed by atoms with van der Waals surface area (Å²) in [7, 11) is 0. The Hall–Kier alpha value is -3.45. The summed E-state index contributed by atoms with van der Waals surface area (Å²) in [6.07, 6.45) is 0.768. The van der Waals surface area contributed by atoms with Crippen LogP contribution in [0.2, 0.25) is 0 Å². The highest BCUT2D eigenvalue weighted by Crippen LogP contribution is 2.32. The molecule has 0 unspecified atom stereocenters. The topological polar surface area (TPSA) is 93.6 Å². The third kappa shape index (κ3) is 5.30. The third-order valence-electron chi connectivity index (χ3n) is 4.27. The smallest absolute Gasteiger partial charge is 0.189 e. The lowest BCUT2D eigenvalue weighted by Crippen LogP contribution is -2.06. The van der Waals surface area contributed by atoms with Gasteiger partial charge in [-0.1, -0.05) is 18.2 Å². The molecule has 3 rings (SSSR count). The second-order valence-corrected chi connectivity index (χ2v) is 6.41. The molecule has 29 heavy (non-hydrogen) atoms. The highest BCUT2D eigenvalue weighted by atomic mass is 16.7. The van der Waals surface area contributed by atoms with E-state index in [0.29, 0.717) is 36.0 Å². The largest absolute Gasteiger partial charge is 0.508 e. The zero-order valence-electron chi connectivity index (χ0n) is 16.4. The van der Waals surface area contributed by atoms with E-state index in [2.05, 4.69) is 15.5 Å². The van der Waals surface area contributed by atoms with Gasteiger partial charge in [-0.2, -0.15) is 0 Å². The first-order valence-electron chi connectivity index (χ1n) is 9.27. The number of nitrogens with one attached hydrogen (secondary N) is 1. The molecule has 7 nitrogen and oxygen atoms in total. The van der Waals surface area contributed by atoms with Gasteiger partial charge in [0.05, 0.1) is 5.69 Å². The molecule has 150 valence electrons. The lowest BCUT2D eigenvalue weighted by molar-refractivity contribution is 0.0227. The summed E-state index contributed by atoms with van der Waals surface area (Å²) in [6, 6.07) is 14.1. The Morgan fingerprint density at radius 2 is 2.00 bits per heavy atom. The van der Waals surface area contributed by atoms with Crippen molar-refractivity contribution < 1.29 is 19.4 Å². The molecule has 7 heteroatoms. The summed E-state index contributed by atoms with van der Waals surface area (Å²) < 4.78 is 10.9. The van der Waals surface area contributed by atoms with Crippen LogP contribution in [0.4, 0.5) is 5.82 Å². The molecular weight excluding hydrogens is 370 g/mol. The molecule has 2 N–H and O–H groups in total. The number of anilines is 1.